The number of hydrogen-bond acceptors (Lipinski definition) is 5. The summed E-state index contributed by atoms with van der Waals surface area (Å²) < 4.78 is 46.0. The number of benzene rings is 1. The van der Waals surface area contributed by atoms with E-state index >= 15 is 0 Å². The number of carboxylic acids is 1. The van der Waals surface area contributed by atoms with Crippen LogP contribution in [0.3, 0.4) is 0 Å². The van der Waals surface area contributed by atoms with Gasteiger partial charge in [-0.05, 0) is 24.3 Å². The minimum absolute atomic E-state index is 0.145. The number of aliphatic hydroxyl groups excluding tert-OH is 1. The summed E-state index contributed by atoms with van der Waals surface area (Å²) in [6.07, 6.45) is -6.51. The Morgan fingerprint density at radius 1 is 1.29 bits per heavy atom. The van der Waals surface area contributed by atoms with Crippen molar-refractivity contribution in [3.63, 3.8) is 0 Å². The van der Waals surface area contributed by atoms with Gasteiger partial charge in [-0.2, -0.15) is 0 Å². The molecule has 1 heterocycles. The molecule has 0 saturated carbocycles. The van der Waals surface area contributed by atoms with Crippen LogP contribution in [0.2, 0.25) is 0 Å². The minimum atomic E-state index is -4.88. The monoisotopic (exact) mass is 347 g/mol. The third-order valence-electron chi connectivity index (χ3n) is 3.15. The van der Waals surface area contributed by atoms with Gasteiger partial charge in [0.15, 0.2) is 6.10 Å². The van der Waals surface area contributed by atoms with E-state index in [1.165, 1.54) is 6.07 Å². The summed E-state index contributed by atoms with van der Waals surface area (Å²) in [5, 5.41) is 19.0. The number of aromatic nitrogens is 1. The first kappa shape index (κ1) is 17.6. The van der Waals surface area contributed by atoms with Gasteiger partial charge in [-0.1, -0.05) is 0 Å². The maximum Gasteiger partial charge on any atom is 0.573 e. The molecule has 1 unspecified atom stereocenters. The van der Waals surface area contributed by atoms with Crippen molar-refractivity contribution in [2.45, 2.75) is 19.0 Å². The van der Waals surface area contributed by atoms with Gasteiger partial charge in [0.1, 0.15) is 11.4 Å². The quantitative estimate of drug-likeness (QED) is 0.800. The van der Waals surface area contributed by atoms with Crippen LogP contribution in [-0.2, 0) is 16.1 Å². The topological polar surface area (TPSA) is 98.0 Å². The highest BCUT2D eigenvalue weighted by Gasteiger charge is 2.31. The number of methoxy groups -OCH3 is 1. The van der Waals surface area contributed by atoms with E-state index in [2.05, 4.69) is 9.47 Å². The van der Waals surface area contributed by atoms with Crippen molar-refractivity contribution in [1.29, 1.82) is 0 Å². The van der Waals surface area contributed by atoms with Crippen LogP contribution in [0.15, 0.2) is 24.3 Å². The molecule has 7 nitrogen and oxygen atoms in total. The van der Waals surface area contributed by atoms with Crippen LogP contribution in [0.5, 0.6) is 5.75 Å². The van der Waals surface area contributed by atoms with Gasteiger partial charge in [0.2, 0.25) is 0 Å². The van der Waals surface area contributed by atoms with Gasteiger partial charge in [0.25, 0.3) is 0 Å². The fourth-order valence-corrected chi connectivity index (χ4v) is 2.20. The van der Waals surface area contributed by atoms with Crippen LogP contribution >= 0.6 is 0 Å². The number of hydrogen-bond donors (Lipinski definition) is 2. The Balaban J connectivity index is 2.47. The lowest BCUT2D eigenvalue weighted by Crippen LogP contribution is -2.28. The first-order valence-electron chi connectivity index (χ1n) is 6.50. The predicted octanol–water partition coefficient (Wildman–Crippen LogP) is 1.77. The van der Waals surface area contributed by atoms with E-state index < -0.39 is 36.7 Å². The molecule has 0 spiro atoms. The SMILES string of the molecule is COC(=O)C(O)Cn1c(C(=O)O)cc2cc(OC(F)(F)F)ccc21. The van der Waals surface area contributed by atoms with Gasteiger partial charge >= 0.3 is 18.3 Å². The summed E-state index contributed by atoms with van der Waals surface area (Å²) in [5.41, 5.74) is -0.0954. The molecule has 2 rings (SSSR count). The second kappa shape index (κ2) is 6.40. The van der Waals surface area contributed by atoms with E-state index in [4.69, 9.17) is 0 Å². The lowest BCUT2D eigenvalue weighted by molar-refractivity contribution is -0.274. The molecular weight excluding hydrogens is 335 g/mol. The highest BCUT2D eigenvalue weighted by molar-refractivity contribution is 5.95. The lowest BCUT2D eigenvalue weighted by atomic mass is 10.2. The molecular formula is C14H12F3NO6. The Labute approximate surface area is 132 Å². The Bertz CT molecular complexity index is 783. The zero-order chi connectivity index (χ0) is 18.1. The molecule has 0 bridgehead atoms. The second-order valence-corrected chi connectivity index (χ2v) is 4.75. The van der Waals surface area contributed by atoms with Crippen molar-refractivity contribution in [2.75, 3.05) is 7.11 Å². The summed E-state index contributed by atoms with van der Waals surface area (Å²) >= 11 is 0. The van der Waals surface area contributed by atoms with Crippen molar-refractivity contribution in [1.82, 2.24) is 4.57 Å². The van der Waals surface area contributed by atoms with Crippen LogP contribution in [-0.4, -0.2) is 46.3 Å². The summed E-state index contributed by atoms with van der Waals surface area (Å²) in [4.78, 5) is 22.6. The van der Waals surface area contributed by atoms with Gasteiger partial charge in [-0.25, -0.2) is 9.59 Å². The van der Waals surface area contributed by atoms with Gasteiger partial charge in [0.05, 0.1) is 13.7 Å². The number of fused-ring (bicyclic) bond motifs is 1. The van der Waals surface area contributed by atoms with E-state index in [0.29, 0.717) is 0 Å². The second-order valence-electron chi connectivity index (χ2n) is 4.75. The summed E-state index contributed by atoms with van der Waals surface area (Å²) in [6, 6.07) is 4.33. The molecule has 1 aromatic carbocycles. The third-order valence-corrected chi connectivity index (χ3v) is 3.15. The normalized spacial score (nSPS) is 12.9. The molecule has 0 aliphatic heterocycles. The Morgan fingerprint density at radius 2 is 1.96 bits per heavy atom. The van der Waals surface area contributed by atoms with Gasteiger partial charge < -0.3 is 24.3 Å². The number of alkyl halides is 3. The van der Waals surface area contributed by atoms with Crippen molar-refractivity contribution >= 4 is 22.8 Å². The fourth-order valence-electron chi connectivity index (χ4n) is 2.20. The molecule has 2 aromatic rings. The number of halogens is 3. The molecule has 0 saturated heterocycles. The minimum Gasteiger partial charge on any atom is -0.477 e. The molecule has 10 heteroatoms. The van der Waals surface area contributed by atoms with E-state index in [9.17, 15) is 33.0 Å². The van der Waals surface area contributed by atoms with E-state index in [0.717, 1.165) is 29.9 Å². The zero-order valence-corrected chi connectivity index (χ0v) is 12.2. The maximum atomic E-state index is 12.2. The molecule has 1 aromatic heterocycles. The van der Waals surface area contributed by atoms with E-state index in [1.54, 1.807) is 0 Å². The lowest BCUT2D eigenvalue weighted by Gasteiger charge is -2.13. The first-order chi connectivity index (χ1) is 11.1. The first-order valence-corrected chi connectivity index (χ1v) is 6.50. The number of rotatable bonds is 5. The Morgan fingerprint density at radius 3 is 2.50 bits per heavy atom. The van der Waals surface area contributed by atoms with Crippen LogP contribution in [0.1, 0.15) is 10.5 Å². The Hall–Kier alpha value is -2.75. The highest BCUT2D eigenvalue weighted by Crippen LogP contribution is 2.29. The molecule has 0 radical (unpaired) electrons. The number of aliphatic hydroxyl groups is 1. The van der Waals surface area contributed by atoms with Crippen molar-refractivity contribution in [2.24, 2.45) is 0 Å². The average Bonchev–Trinajstić information content (AvgIpc) is 2.82. The van der Waals surface area contributed by atoms with Gasteiger partial charge in [0, 0.05) is 10.9 Å². The van der Waals surface area contributed by atoms with Crippen LogP contribution in [0, 0.1) is 0 Å². The van der Waals surface area contributed by atoms with Crippen LogP contribution in [0.25, 0.3) is 10.9 Å². The van der Waals surface area contributed by atoms with Crippen molar-refractivity contribution < 1.29 is 42.4 Å². The number of ether oxygens (including phenoxy) is 2. The molecule has 130 valence electrons. The molecule has 0 amide bonds. The summed E-state index contributed by atoms with van der Waals surface area (Å²) in [5.74, 6) is -2.86. The molecule has 0 fully saturated rings. The van der Waals surface area contributed by atoms with Crippen molar-refractivity contribution in [3.05, 3.63) is 30.0 Å². The highest BCUT2D eigenvalue weighted by atomic mass is 19.4. The van der Waals surface area contributed by atoms with E-state index in [-0.39, 0.29) is 16.6 Å². The van der Waals surface area contributed by atoms with E-state index in [1.807, 2.05) is 0 Å². The molecule has 0 aliphatic carbocycles. The number of carbonyl (C=O) groups is 2. The number of carbonyl (C=O) groups excluding carboxylic acids is 1. The number of nitrogens with zero attached hydrogens (tertiary/aromatic N) is 1. The molecule has 24 heavy (non-hydrogen) atoms. The molecule has 0 aliphatic rings. The largest absolute Gasteiger partial charge is 0.573 e. The Kier molecular flexibility index (Phi) is 4.69. The smallest absolute Gasteiger partial charge is 0.477 e. The predicted molar refractivity (Wildman–Crippen MR) is 73.6 cm³/mol. The number of esters is 1. The average molecular weight is 347 g/mol. The van der Waals surface area contributed by atoms with Gasteiger partial charge in [-0.15, -0.1) is 13.2 Å². The zero-order valence-electron chi connectivity index (χ0n) is 12.2. The number of carboxylic acid groups (broad SMARTS) is 1. The third kappa shape index (κ3) is 3.77. The summed E-state index contributed by atoms with van der Waals surface area (Å²) in [6.45, 7) is -0.433. The van der Waals surface area contributed by atoms with Gasteiger partial charge in [-0.3, -0.25) is 0 Å². The van der Waals surface area contributed by atoms with Crippen LogP contribution < -0.4 is 4.74 Å². The number of aromatic carboxylic acids is 1. The molecule has 1 atom stereocenters. The summed E-state index contributed by atoms with van der Waals surface area (Å²) in [7, 11) is 1.05. The standard InChI is InChI=1S/C14H12F3NO6/c1-23-13(22)11(19)6-18-9-3-2-8(24-14(15,16)17)4-7(9)5-10(18)12(20)21/h2-5,11,19H,6H2,1H3,(H,20,21). The van der Waals surface area contributed by atoms with Crippen LogP contribution in [0.4, 0.5) is 13.2 Å². The maximum absolute atomic E-state index is 12.2. The molecule has 2 N–H and O–H groups in total. The fraction of sp³-hybridized carbons (Fsp3) is 0.286. The van der Waals surface area contributed by atoms with Crippen molar-refractivity contribution in [3.8, 4) is 5.75 Å².